The number of hydrogen-bond donors (Lipinski definition) is 1. The highest BCUT2D eigenvalue weighted by atomic mass is 32.1. The monoisotopic (exact) mass is 515 g/mol. The summed E-state index contributed by atoms with van der Waals surface area (Å²) in [4.78, 5) is 41.8. The molecule has 1 spiro atoms. The Hall–Kier alpha value is -2.84. The highest BCUT2D eigenvalue weighted by Gasteiger charge is 2.47. The molecule has 1 unspecified atom stereocenters. The predicted molar refractivity (Wildman–Crippen MR) is 118 cm³/mol. The van der Waals surface area contributed by atoms with Crippen LogP contribution in [0.4, 0.5) is 13.2 Å². The SMILES string of the molecule is O=C(O)C(F)(F)F.O=c1c(=O)n2c(nn1Cc1cccs1)C1(CCN(Cc3nccs3)C1)CC2. The van der Waals surface area contributed by atoms with Gasteiger partial charge in [-0.15, -0.1) is 22.7 Å². The van der Waals surface area contributed by atoms with Crippen molar-refractivity contribution in [2.75, 3.05) is 13.1 Å². The lowest BCUT2D eigenvalue weighted by molar-refractivity contribution is -0.192. The molecule has 1 atom stereocenters. The molecule has 0 bridgehead atoms. The van der Waals surface area contributed by atoms with Gasteiger partial charge in [-0.05, 0) is 30.8 Å². The second kappa shape index (κ2) is 9.43. The number of aromatic nitrogens is 4. The van der Waals surface area contributed by atoms with Gasteiger partial charge in [-0.3, -0.25) is 19.1 Å². The van der Waals surface area contributed by atoms with Gasteiger partial charge in [0.1, 0.15) is 10.8 Å². The molecular formula is C20H20F3N5O4S2. The molecule has 182 valence electrons. The molecule has 3 aromatic heterocycles. The van der Waals surface area contributed by atoms with Crippen LogP contribution in [0.3, 0.4) is 0 Å². The molecule has 2 aliphatic rings. The largest absolute Gasteiger partial charge is 0.490 e. The second-order valence-corrected chi connectivity index (χ2v) is 10.1. The van der Waals surface area contributed by atoms with Crippen LogP contribution in [0.2, 0.25) is 0 Å². The Kier molecular flexibility index (Phi) is 6.73. The molecule has 0 amide bonds. The molecule has 0 aliphatic carbocycles. The van der Waals surface area contributed by atoms with Crippen LogP contribution >= 0.6 is 22.7 Å². The molecule has 0 aromatic carbocycles. The standard InChI is InChI=1S/C18H19N5O2S2.C2HF3O2/c24-15-16(25)23(10-13-2-1-8-26-13)20-17-18(4-7-22(15)17)3-6-21(12-18)11-14-19-5-9-27-14;3-2(4,5)1(6)7/h1-2,5,8-9H,3-4,6-7,10-12H2;(H,6,7). The molecule has 5 rings (SSSR count). The number of aliphatic carboxylic acids is 1. The van der Waals surface area contributed by atoms with E-state index < -0.39 is 23.3 Å². The maximum absolute atomic E-state index is 12.7. The average Bonchev–Trinajstić information content (AvgIpc) is 3.57. The fourth-order valence-electron chi connectivity index (χ4n) is 4.23. The van der Waals surface area contributed by atoms with Gasteiger partial charge in [0.25, 0.3) is 0 Å². The highest BCUT2D eigenvalue weighted by Crippen LogP contribution is 2.40. The predicted octanol–water partition coefficient (Wildman–Crippen LogP) is 2.15. The molecule has 1 fully saturated rings. The molecule has 1 saturated heterocycles. The van der Waals surface area contributed by atoms with Crippen LogP contribution in [0.15, 0.2) is 38.7 Å². The van der Waals surface area contributed by atoms with Gasteiger partial charge < -0.3 is 5.11 Å². The fourth-order valence-corrected chi connectivity index (χ4v) is 5.58. The van der Waals surface area contributed by atoms with Gasteiger partial charge in [-0.25, -0.2) is 14.5 Å². The van der Waals surface area contributed by atoms with Crippen molar-refractivity contribution >= 4 is 28.6 Å². The van der Waals surface area contributed by atoms with Crippen molar-refractivity contribution in [3.63, 3.8) is 0 Å². The quantitative estimate of drug-likeness (QED) is 0.530. The van der Waals surface area contributed by atoms with Crippen LogP contribution in [0.1, 0.15) is 28.6 Å². The van der Waals surface area contributed by atoms with Gasteiger partial charge >= 0.3 is 23.3 Å². The summed E-state index contributed by atoms with van der Waals surface area (Å²) in [6.07, 6.45) is -1.42. The van der Waals surface area contributed by atoms with Crippen LogP contribution < -0.4 is 11.1 Å². The average molecular weight is 516 g/mol. The molecule has 9 nitrogen and oxygen atoms in total. The van der Waals surface area contributed by atoms with E-state index in [4.69, 9.17) is 9.90 Å². The van der Waals surface area contributed by atoms with Crippen molar-refractivity contribution in [3.05, 3.63) is 65.5 Å². The van der Waals surface area contributed by atoms with Gasteiger partial charge in [-0.1, -0.05) is 6.07 Å². The number of carboxylic acids is 1. The fraction of sp³-hybridized carbons (Fsp3) is 0.450. The first kappa shape index (κ1) is 24.3. The van der Waals surface area contributed by atoms with E-state index in [9.17, 15) is 22.8 Å². The summed E-state index contributed by atoms with van der Waals surface area (Å²) in [6.45, 7) is 3.59. The third kappa shape index (κ3) is 4.98. The van der Waals surface area contributed by atoms with Crippen molar-refractivity contribution in [2.45, 2.75) is 44.1 Å². The van der Waals surface area contributed by atoms with E-state index in [-0.39, 0.29) is 5.41 Å². The Morgan fingerprint density at radius 1 is 1.12 bits per heavy atom. The zero-order chi connectivity index (χ0) is 24.5. The van der Waals surface area contributed by atoms with Gasteiger partial charge in [0, 0.05) is 35.0 Å². The van der Waals surface area contributed by atoms with Crippen molar-refractivity contribution < 1.29 is 23.1 Å². The van der Waals surface area contributed by atoms with E-state index in [1.807, 2.05) is 29.1 Å². The van der Waals surface area contributed by atoms with E-state index in [0.29, 0.717) is 13.1 Å². The first-order valence-corrected chi connectivity index (χ1v) is 12.0. The Morgan fingerprint density at radius 2 is 1.85 bits per heavy atom. The van der Waals surface area contributed by atoms with Crippen molar-refractivity contribution in [3.8, 4) is 0 Å². The zero-order valence-corrected chi connectivity index (χ0v) is 19.3. The smallest absolute Gasteiger partial charge is 0.475 e. The maximum atomic E-state index is 12.7. The normalized spacial score (nSPS) is 19.7. The summed E-state index contributed by atoms with van der Waals surface area (Å²) >= 11 is 3.24. The summed E-state index contributed by atoms with van der Waals surface area (Å²) in [5.74, 6) is -1.97. The molecule has 0 saturated carbocycles. The molecule has 0 radical (unpaired) electrons. The number of thiazole rings is 1. The van der Waals surface area contributed by atoms with E-state index in [1.165, 1.54) is 4.68 Å². The number of carbonyl (C=O) groups is 1. The van der Waals surface area contributed by atoms with Gasteiger partial charge in [0.2, 0.25) is 0 Å². The molecule has 1 N–H and O–H groups in total. The number of rotatable bonds is 4. The Labute approximate surface area is 198 Å². The number of fused-ring (bicyclic) bond motifs is 2. The molecule has 34 heavy (non-hydrogen) atoms. The summed E-state index contributed by atoms with van der Waals surface area (Å²) in [7, 11) is 0. The summed E-state index contributed by atoms with van der Waals surface area (Å²) in [5.41, 5.74) is -1.10. The Morgan fingerprint density at radius 3 is 2.47 bits per heavy atom. The minimum atomic E-state index is -5.08. The van der Waals surface area contributed by atoms with E-state index in [0.717, 1.165) is 48.2 Å². The molecule has 14 heteroatoms. The van der Waals surface area contributed by atoms with Crippen LogP contribution in [-0.4, -0.2) is 54.6 Å². The van der Waals surface area contributed by atoms with Crippen molar-refractivity contribution in [2.24, 2.45) is 0 Å². The number of carboxylic acid groups (broad SMARTS) is 1. The second-order valence-electron chi connectivity index (χ2n) is 8.04. The first-order valence-electron chi connectivity index (χ1n) is 10.2. The highest BCUT2D eigenvalue weighted by molar-refractivity contribution is 7.10. The minimum absolute atomic E-state index is 0.138. The van der Waals surface area contributed by atoms with Gasteiger partial charge in [-0.2, -0.15) is 18.3 Å². The van der Waals surface area contributed by atoms with Crippen molar-refractivity contribution in [1.29, 1.82) is 0 Å². The number of likely N-dealkylation sites (tertiary alicyclic amines) is 1. The van der Waals surface area contributed by atoms with E-state index in [2.05, 4.69) is 15.0 Å². The van der Waals surface area contributed by atoms with Gasteiger partial charge in [0.05, 0.1) is 13.1 Å². The van der Waals surface area contributed by atoms with Crippen LogP contribution in [0, 0.1) is 0 Å². The Bertz CT molecular complexity index is 1270. The minimum Gasteiger partial charge on any atom is -0.475 e. The number of thiophene rings is 1. The molecule has 2 aliphatic heterocycles. The Balaban J connectivity index is 0.000000344. The third-order valence-corrected chi connectivity index (χ3v) is 7.45. The van der Waals surface area contributed by atoms with Gasteiger partial charge in [0.15, 0.2) is 0 Å². The lowest BCUT2D eigenvalue weighted by Crippen LogP contribution is -2.45. The lowest BCUT2D eigenvalue weighted by atomic mass is 9.85. The summed E-state index contributed by atoms with van der Waals surface area (Å²) in [5, 5.41) is 16.9. The number of hydrogen-bond acceptors (Lipinski definition) is 8. The summed E-state index contributed by atoms with van der Waals surface area (Å²) in [6, 6.07) is 3.91. The topological polar surface area (TPSA) is 110 Å². The number of halogens is 3. The van der Waals surface area contributed by atoms with Crippen LogP contribution in [-0.2, 0) is 29.8 Å². The maximum Gasteiger partial charge on any atom is 0.490 e. The third-order valence-electron chi connectivity index (χ3n) is 5.83. The first-order chi connectivity index (χ1) is 16.1. The number of alkyl halides is 3. The van der Waals surface area contributed by atoms with Crippen molar-refractivity contribution in [1.82, 2.24) is 24.2 Å². The van der Waals surface area contributed by atoms with Crippen LogP contribution in [0.5, 0.6) is 0 Å². The number of nitrogens with zero attached hydrogens (tertiary/aromatic N) is 5. The van der Waals surface area contributed by atoms with Crippen LogP contribution in [0.25, 0.3) is 0 Å². The summed E-state index contributed by atoms with van der Waals surface area (Å²) < 4.78 is 34.7. The molecule has 5 heterocycles. The zero-order valence-electron chi connectivity index (χ0n) is 17.7. The van der Waals surface area contributed by atoms with E-state index in [1.54, 1.807) is 27.2 Å². The molecule has 3 aromatic rings. The van der Waals surface area contributed by atoms with E-state index >= 15 is 0 Å². The lowest BCUT2D eigenvalue weighted by Gasteiger charge is -2.23. The molecular weight excluding hydrogens is 495 g/mol.